The molecule has 0 spiro atoms. The van der Waals surface area contributed by atoms with Crippen LogP contribution in [0.25, 0.3) is 17.2 Å². The van der Waals surface area contributed by atoms with Gasteiger partial charge in [-0.3, -0.25) is 9.59 Å². The second-order valence-corrected chi connectivity index (χ2v) is 7.86. The molecule has 0 fully saturated rings. The van der Waals surface area contributed by atoms with Crippen LogP contribution in [-0.4, -0.2) is 18.5 Å². The zero-order valence-electron chi connectivity index (χ0n) is 18.6. The smallest absolute Gasteiger partial charge is 0.308 e. The van der Waals surface area contributed by atoms with Crippen molar-refractivity contribution >= 4 is 23.6 Å². The number of carbonyl (C=O) groups excluding carboxylic acids is 2. The summed E-state index contributed by atoms with van der Waals surface area (Å²) in [4.78, 5) is 24.7. The van der Waals surface area contributed by atoms with E-state index in [1.165, 1.54) is 6.92 Å². The number of para-hydroxylation sites is 1. The van der Waals surface area contributed by atoms with E-state index in [0.29, 0.717) is 11.3 Å². The summed E-state index contributed by atoms with van der Waals surface area (Å²) in [6, 6.07) is 17.6. The van der Waals surface area contributed by atoms with Crippen molar-refractivity contribution in [3.05, 3.63) is 82.4 Å². The highest BCUT2D eigenvalue weighted by molar-refractivity contribution is 6.09. The SMILES string of the molecule is CC(=O)Oc1c(C)c(C)c2c(c1C)C=C(C(=O)Nc1ccccc1-c1ccccc1)CO2. The quantitative estimate of drug-likeness (QED) is 0.434. The first kappa shape index (κ1) is 21.4. The molecule has 162 valence electrons. The molecule has 5 heteroatoms. The van der Waals surface area contributed by atoms with Crippen LogP contribution >= 0.6 is 0 Å². The lowest BCUT2D eigenvalue weighted by atomic mass is 9.94. The average Bonchev–Trinajstić information content (AvgIpc) is 2.81. The van der Waals surface area contributed by atoms with Crippen molar-refractivity contribution in [1.82, 2.24) is 0 Å². The Hall–Kier alpha value is -3.86. The minimum Gasteiger partial charge on any atom is -0.488 e. The summed E-state index contributed by atoms with van der Waals surface area (Å²) >= 11 is 0. The monoisotopic (exact) mass is 427 g/mol. The van der Waals surface area contributed by atoms with E-state index in [1.54, 1.807) is 0 Å². The van der Waals surface area contributed by atoms with Crippen LogP contribution in [-0.2, 0) is 9.59 Å². The van der Waals surface area contributed by atoms with Crippen molar-refractivity contribution < 1.29 is 19.1 Å². The number of benzene rings is 3. The maximum Gasteiger partial charge on any atom is 0.308 e. The topological polar surface area (TPSA) is 64.6 Å². The Balaban J connectivity index is 1.69. The van der Waals surface area contributed by atoms with Gasteiger partial charge in [-0.1, -0.05) is 48.5 Å². The Bertz CT molecular complexity index is 1240. The second-order valence-electron chi connectivity index (χ2n) is 7.86. The van der Waals surface area contributed by atoms with E-state index < -0.39 is 0 Å². The van der Waals surface area contributed by atoms with Gasteiger partial charge in [-0.05, 0) is 49.6 Å². The molecule has 1 heterocycles. The van der Waals surface area contributed by atoms with Crippen molar-refractivity contribution in [2.75, 3.05) is 11.9 Å². The van der Waals surface area contributed by atoms with Crippen LogP contribution in [0.2, 0.25) is 0 Å². The molecule has 0 radical (unpaired) electrons. The van der Waals surface area contributed by atoms with Crippen LogP contribution < -0.4 is 14.8 Å². The fraction of sp³-hybridized carbons (Fsp3) is 0.185. The number of rotatable bonds is 4. The zero-order chi connectivity index (χ0) is 22.8. The fourth-order valence-corrected chi connectivity index (χ4v) is 3.93. The molecule has 1 N–H and O–H groups in total. The molecule has 3 aromatic rings. The highest BCUT2D eigenvalue weighted by Crippen LogP contribution is 2.41. The molecule has 1 aliphatic rings. The van der Waals surface area contributed by atoms with E-state index in [0.717, 1.165) is 44.8 Å². The molecule has 3 aromatic carbocycles. The first-order valence-corrected chi connectivity index (χ1v) is 10.5. The molecule has 0 unspecified atom stereocenters. The van der Waals surface area contributed by atoms with Crippen molar-refractivity contribution in [2.24, 2.45) is 0 Å². The van der Waals surface area contributed by atoms with Crippen molar-refractivity contribution in [2.45, 2.75) is 27.7 Å². The Labute approximate surface area is 187 Å². The maximum absolute atomic E-state index is 13.1. The molecular formula is C27H25NO4. The highest BCUT2D eigenvalue weighted by Gasteiger charge is 2.25. The fourth-order valence-electron chi connectivity index (χ4n) is 3.93. The van der Waals surface area contributed by atoms with Crippen LogP contribution in [0, 0.1) is 20.8 Å². The number of nitrogens with one attached hydrogen (secondary N) is 1. The van der Waals surface area contributed by atoms with Gasteiger partial charge in [0.1, 0.15) is 18.1 Å². The second kappa shape index (κ2) is 8.71. The van der Waals surface area contributed by atoms with E-state index in [1.807, 2.05) is 81.4 Å². The Morgan fingerprint density at radius 1 is 0.906 bits per heavy atom. The third-order valence-electron chi connectivity index (χ3n) is 5.72. The summed E-state index contributed by atoms with van der Waals surface area (Å²) in [5.41, 5.74) is 6.48. The van der Waals surface area contributed by atoms with E-state index in [-0.39, 0.29) is 18.5 Å². The van der Waals surface area contributed by atoms with Crippen molar-refractivity contribution in [3.63, 3.8) is 0 Å². The molecule has 0 saturated heterocycles. The van der Waals surface area contributed by atoms with Crippen molar-refractivity contribution in [1.29, 1.82) is 0 Å². The maximum atomic E-state index is 13.1. The number of amides is 1. The number of fused-ring (bicyclic) bond motifs is 1. The number of hydrogen-bond acceptors (Lipinski definition) is 4. The van der Waals surface area contributed by atoms with Gasteiger partial charge in [0, 0.05) is 29.3 Å². The molecule has 1 amide bonds. The van der Waals surface area contributed by atoms with E-state index in [9.17, 15) is 9.59 Å². The van der Waals surface area contributed by atoms with Gasteiger partial charge in [-0.25, -0.2) is 0 Å². The first-order chi connectivity index (χ1) is 15.4. The lowest BCUT2D eigenvalue weighted by Crippen LogP contribution is -2.22. The summed E-state index contributed by atoms with van der Waals surface area (Å²) in [7, 11) is 0. The summed E-state index contributed by atoms with van der Waals surface area (Å²) in [6.45, 7) is 7.24. The number of carbonyl (C=O) groups is 2. The summed E-state index contributed by atoms with van der Waals surface area (Å²) in [5.74, 6) is 0.624. The molecule has 0 atom stereocenters. The van der Waals surface area contributed by atoms with Gasteiger partial charge in [0.15, 0.2) is 0 Å². The number of hydrogen-bond donors (Lipinski definition) is 1. The lowest BCUT2D eigenvalue weighted by Gasteiger charge is -2.24. The van der Waals surface area contributed by atoms with Gasteiger partial charge in [-0.15, -0.1) is 0 Å². The standard InChI is InChI=1S/C27H25NO4/c1-16-17(2)26-23(18(3)25(16)32-19(4)29)14-21(15-31-26)27(30)28-24-13-9-8-12-22(24)20-10-6-5-7-11-20/h5-14H,15H2,1-4H3,(H,28,30). The molecular weight excluding hydrogens is 402 g/mol. The molecule has 0 aromatic heterocycles. The number of esters is 1. The van der Waals surface area contributed by atoms with E-state index in [2.05, 4.69) is 5.32 Å². The molecule has 1 aliphatic heterocycles. The molecule has 0 saturated carbocycles. The van der Waals surface area contributed by atoms with Gasteiger partial charge in [0.25, 0.3) is 5.91 Å². The Morgan fingerprint density at radius 2 is 1.59 bits per heavy atom. The third kappa shape index (κ3) is 4.02. The summed E-state index contributed by atoms with van der Waals surface area (Å²) < 4.78 is 11.4. The first-order valence-electron chi connectivity index (χ1n) is 10.5. The van der Waals surface area contributed by atoms with Gasteiger partial charge < -0.3 is 14.8 Å². The minimum atomic E-state index is -0.383. The van der Waals surface area contributed by atoms with Crippen LogP contribution in [0.3, 0.4) is 0 Å². The van der Waals surface area contributed by atoms with Gasteiger partial charge in [0.05, 0.1) is 5.57 Å². The minimum absolute atomic E-state index is 0.166. The largest absolute Gasteiger partial charge is 0.488 e. The van der Waals surface area contributed by atoms with E-state index in [4.69, 9.17) is 9.47 Å². The van der Waals surface area contributed by atoms with Crippen LogP contribution in [0.1, 0.15) is 29.2 Å². The predicted molar refractivity (Wildman–Crippen MR) is 126 cm³/mol. The number of ether oxygens (including phenoxy) is 2. The molecule has 0 aliphatic carbocycles. The average molecular weight is 428 g/mol. The molecule has 5 nitrogen and oxygen atoms in total. The normalized spacial score (nSPS) is 12.3. The van der Waals surface area contributed by atoms with Crippen LogP contribution in [0.5, 0.6) is 11.5 Å². The van der Waals surface area contributed by atoms with E-state index >= 15 is 0 Å². The van der Waals surface area contributed by atoms with Gasteiger partial charge in [0.2, 0.25) is 0 Å². The Kier molecular flexibility index (Phi) is 5.82. The van der Waals surface area contributed by atoms with Crippen LogP contribution in [0.15, 0.2) is 60.2 Å². The van der Waals surface area contributed by atoms with Crippen molar-refractivity contribution in [3.8, 4) is 22.6 Å². The Morgan fingerprint density at radius 3 is 2.31 bits per heavy atom. The molecule has 4 rings (SSSR count). The van der Waals surface area contributed by atoms with Gasteiger partial charge in [-0.2, -0.15) is 0 Å². The summed E-state index contributed by atoms with van der Waals surface area (Å²) in [5, 5.41) is 3.03. The molecule has 32 heavy (non-hydrogen) atoms. The summed E-state index contributed by atoms with van der Waals surface area (Å²) in [6.07, 6.45) is 1.83. The number of anilines is 1. The lowest BCUT2D eigenvalue weighted by molar-refractivity contribution is -0.132. The highest BCUT2D eigenvalue weighted by atomic mass is 16.5. The zero-order valence-corrected chi connectivity index (χ0v) is 18.6. The predicted octanol–water partition coefficient (Wildman–Crippen LogP) is 5.62. The van der Waals surface area contributed by atoms with Gasteiger partial charge >= 0.3 is 5.97 Å². The third-order valence-corrected chi connectivity index (χ3v) is 5.72. The molecule has 0 bridgehead atoms. The van der Waals surface area contributed by atoms with Crippen LogP contribution in [0.4, 0.5) is 5.69 Å².